The third-order valence-corrected chi connectivity index (χ3v) is 9.99. The Morgan fingerprint density at radius 2 is 1.36 bits per heavy atom. The van der Waals surface area contributed by atoms with E-state index < -0.39 is 11.7 Å². The number of halogens is 3. The van der Waals surface area contributed by atoms with Crippen LogP contribution < -0.4 is 4.90 Å². The summed E-state index contributed by atoms with van der Waals surface area (Å²) in [4.78, 5) is 9.01. The van der Waals surface area contributed by atoms with Crippen LogP contribution in [-0.2, 0) is 6.18 Å². The van der Waals surface area contributed by atoms with Crippen molar-refractivity contribution in [2.75, 3.05) is 57.3 Å². The highest BCUT2D eigenvalue weighted by atomic mass is 32.2. The van der Waals surface area contributed by atoms with Gasteiger partial charge in [0.05, 0.1) is 23.5 Å². The van der Waals surface area contributed by atoms with Gasteiger partial charge >= 0.3 is 6.18 Å². The van der Waals surface area contributed by atoms with Crippen LogP contribution in [0.15, 0.2) is 52.3 Å². The number of fused-ring (bicyclic) bond motifs is 2. The van der Waals surface area contributed by atoms with Crippen LogP contribution in [0.5, 0.6) is 0 Å². The molecule has 0 unspecified atom stereocenters. The summed E-state index contributed by atoms with van der Waals surface area (Å²) in [5, 5.41) is 9.12. The van der Waals surface area contributed by atoms with Crippen LogP contribution in [0, 0.1) is 11.8 Å². The highest BCUT2D eigenvalue weighted by Crippen LogP contribution is 2.49. The molecule has 0 aliphatic carbocycles. The standard InChI is InChI=1S/C31H42F3N3OS/c32-31(33,34)26-9-10-30-28(23-26)37(27-7-1-2-8-29(27)39-30)16-4-15-35-17-11-24(12-18-35)5-3-6-25-13-19-36(20-14-25)21-22-38/h1-2,7-10,23-25,38H,3-6,11-22H2. The van der Waals surface area contributed by atoms with Crippen LogP contribution in [-0.4, -0.2) is 67.3 Å². The first-order valence-electron chi connectivity index (χ1n) is 14.7. The van der Waals surface area contributed by atoms with Crippen molar-refractivity contribution in [1.29, 1.82) is 0 Å². The molecule has 1 N–H and O–H groups in total. The van der Waals surface area contributed by atoms with Crippen molar-refractivity contribution in [3.05, 3.63) is 48.0 Å². The molecule has 2 fully saturated rings. The van der Waals surface area contributed by atoms with Crippen molar-refractivity contribution < 1.29 is 18.3 Å². The van der Waals surface area contributed by atoms with Gasteiger partial charge in [0.2, 0.25) is 0 Å². The molecular weight excluding hydrogens is 519 g/mol. The average Bonchev–Trinajstić information content (AvgIpc) is 2.94. The first-order chi connectivity index (χ1) is 18.9. The van der Waals surface area contributed by atoms with Gasteiger partial charge in [-0.25, -0.2) is 0 Å². The van der Waals surface area contributed by atoms with Gasteiger partial charge in [-0.15, -0.1) is 0 Å². The van der Waals surface area contributed by atoms with Crippen LogP contribution >= 0.6 is 11.8 Å². The number of anilines is 2. The summed E-state index contributed by atoms with van der Waals surface area (Å²) in [6.45, 7) is 7.33. The Hall–Kier alpha value is -1.74. The quantitative estimate of drug-likeness (QED) is 0.329. The molecule has 8 heteroatoms. The van der Waals surface area contributed by atoms with Gasteiger partial charge < -0.3 is 19.8 Å². The lowest BCUT2D eigenvalue weighted by molar-refractivity contribution is -0.137. The van der Waals surface area contributed by atoms with E-state index in [-0.39, 0.29) is 6.61 Å². The number of hydrogen-bond acceptors (Lipinski definition) is 5. The normalized spacial score (nSPS) is 19.7. The van der Waals surface area contributed by atoms with E-state index in [1.165, 1.54) is 57.1 Å². The summed E-state index contributed by atoms with van der Waals surface area (Å²) in [5.74, 6) is 1.69. The van der Waals surface area contributed by atoms with Crippen molar-refractivity contribution in [3.8, 4) is 0 Å². The Morgan fingerprint density at radius 1 is 0.744 bits per heavy atom. The highest BCUT2D eigenvalue weighted by molar-refractivity contribution is 7.99. The molecule has 0 saturated carbocycles. The molecule has 0 spiro atoms. The molecule has 5 rings (SSSR count). The Bertz CT molecular complexity index is 1070. The molecule has 2 aromatic carbocycles. The maximum atomic E-state index is 13.5. The second-order valence-electron chi connectivity index (χ2n) is 11.5. The van der Waals surface area contributed by atoms with E-state index in [0.29, 0.717) is 12.2 Å². The molecule has 39 heavy (non-hydrogen) atoms. The fourth-order valence-electron chi connectivity index (χ4n) is 6.53. The number of para-hydroxylation sites is 1. The number of likely N-dealkylation sites (tertiary alicyclic amines) is 2. The molecule has 2 aromatic rings. The Morgan fingerprint density at radius 3 is 2.00 bits per heavy atom. The summed E-state index contributed by atoms with van der Waals surface area (Å²) in [5.41, 5.74) is 1.10. The number of benzene rings is 2. The minimum Gasteiger partial charge on any atom is -0.395 e. The van der Waals surface area contributed by atoms with Crippen LogP contribution in [0.3, 0.4) is 0 Å². The molecule has 3 aliphatic heterocycles. The second kappa shape index (κ2) is 13.3. The molecule has 3 heterocycles. The Kier molecular flexibility index (Phi) is 9.80. The monoisotopic (exact) mass is 561 g/mol. The van der Waals surface area contributed by atoms with Crippen molar-refractivity contribution in [2.24, 2.45) is 11.8 Å². The Balaban J connectivity index is 1.07. The van der Waals surface area contributed by atoms with E-state index in [0.717, 1.165) is 73.0 Å². The predicted octanol–water partition coefficient (Wildman–Crippen LogP) is 7.28. The van der Waals surface area contributed by atoms with Crippen molar-refractivity contribution in [1.82, 2.24) is 9.80 Å². The zero-order chi connectivity index (χ0) is 27.2. The van der Waals surface area contributed by atoms with Gasteiger partial charge in [0.1, 0.15) is 0 Å². The highest BCUT2D eigenvalue weighted by Gasteiger charge is 2.33. The number of β-amino-alcohol motifs (C(OH)–C–C–N with tert-alkyl or cyclic N) is 1. The fraction of sp³-hybridized carbons (Fsp3) is 0.613. The third kappa shape index (κ3) is 7.51. The lowest BCUT2D eigenvalue weighted by atomic mass is 9.87. The van der Waals surface area contributed by atoms with E-state index in [2.05, 4.69) is 20.8 Å². The summed E-state index contributed by atoms with van der Waals surface area (Å²) < 4.78 is 40.4. The first-order valence-corrected chi connectivity index (χ1v) is 15.5. The van der Waals surface area contributed by atoms with Gasteiger partial charge in [-0.2, -0.15) is 13.2 Å². The number of aliphatic hydroxyl groups is 1. The number of rotatable bonds is 10. The van der Waals surface area contributed by atoms with Crippen molar-refractivity contribution in [3.63, 3.8) is 0 Å². The molecule has 0 aromatic heterocycles. The van der Waals surface area contributed by atoms with Gasteiger partial charge in [0.15, 0.2) is 0 Å². The van der Waals surface area contributed by atoms with E-state index in [1.54, 1.807) is 17.8 Å². The van der Waals surface area contributed by atoms with Gasteiger partial charge in [0, 0.05) is 22.9 Å². The van der Waals surface area contributed by atoms with Gasteiger partial charge in [-0.05, 0) is 107 Å². The number of hydrogen-bond donors (Lipinski definition) is 1. The lowest BCUT2D eigenvalue weighted by Gasteiger charge is -2.35. The van der Waals surface area contributed by atoms with Crippen LogP contribution in [0.4, 0.5) is 24.5 Å². The average molecular weight is 562 g/mol. The molecule has 0 radical (unpaired) electrons. The predicted molar refractivity (Wildman–Crippen MR) is 153 cm³/mol. The molecule has 214 valence electrons. The minimum atomic E-state index is -4.34. The number of aliphatic hydroxyl groups excluding tert-OH is 1. The summed E-state index contributed by atoms with van der Waals surface area (Å²) in [6, 6.07) is 12.2. The van der Waals surface area contributed by atoms with E-state index in [4.69, 9.17) is 5.11 Å². The maximum absolute atomic E-state index is 13.5. The van der Waals surface area contributed by atoms with Crippen molar-refractivity contribution in [2.45, 2.75) is 67.3 Å². The maximum Gasteiger partial charge on any atom is 0.416 e. The molecule has 2 saturated heterocycles. The molecule has 0 atom stereocenters. The van der Waals surface area contributed by atoms with Crippen LogP contribution in [0.1, 0.15) is 56.9 Å². The second-order valence-corrected chi connectivity index (χ2v) is 12.6. The topological polar surface area (TPSA) is 30.0 Å². The molecule has 4 nitrogen and oxygen atoms in total. The smallest absolute Gasteiger partial charge is 0.395 e. The first kappa shape index (κ1) is 28.8. The van der Waals surface area contributed by atoms with Crippen molar-refractivity contribution >= 4 is 23.1 Å². The number of alkyl halides is 3. The van der Waals surface area contributed by atoms with Gasteiger partial charge in [0.25, 0.3) is 0 Å². The van der Waals surface area contributed by atoms with E-state index >= 15 is 0 Å². The zero-order valence-electron chi connectivity index (χ0n) is 22.8. The Labute approximate surface area is 235 Å². The number of piperidine rings is 2. The number of nitrogens with zero attached hydrogens (tertiary/aromatic N) is 3. The SMILES string of the molecule is OCCN1CCC(CCCC2CCN(CCCN3c4ccccc4Sc4ccc(C(F)(F)F)cc43)CC2)CC1. The van der Waals surface area contributed by atoms with Gasteiger partial charge in [-0.3, -0.25) is 0 Å². The molecule has 0 amide bonds. The van der Waals surface area contributed by atoms with E-state index in [9.17, 15) is 13.2 Å². The van der Waals surface area contributed by atoms with Crippen LogP contribution in [0.25, 0.3) is 0 Å². The summed E-state index contributed by atoms with van der Waals surface area (Å²) in [7, 11) is 0. The van der Waals surface area contributed by atoms with Gasteiger partial charge in [-0.1, -0.05) is 43.2 Å². The van der Waals surface area contributed by atoms with E-state index in [1.807, 2.05) is 18.2 Å². The molecular formula is C31H42F3N3OS. The molecule has 3 aliphatic rings. The minimum absolute atomic E-state index is 0.269. The summed E-state index contributed by atoms with van der Waals surface area (Å²) in [6.07, 6.45) is 5.68. The summed E-state index contributed by atoms with van der Waals surface area (Å²) >= 11 is 1.55. The zero-order valence-corrected chi connectivity index (χ0v) is 23.7. The third-order valence-electron chi connectivity index (χ3n) is 8.86. The molecule has 0 bridgehead atoms. The fourth-order valence-corrected chi connectivity index (χ4v) is 7.61. The lowest BCUT2D eigenvalue weighted by Crippen LogP contribution is -2.36. The largest absolute Gasteiger partial charge is 0.416 e. The van der Waals surface area contributed by atoms with Crippen LogP contribution in [0.2, 0.25) is 0 Å².